The number of rotatable bonds is 5. The smallest absolute Gasteiger partial charge is 0.340 e. The third-order valence-electron chi connectivity index (χ3n) is 4.97. The molecule has 152 valence electrons. The van der Waals surface area contributed by atoms with Gasteiger partial charge in [0.2, 0.25) is 0 Å². The van der Waals surface area contributed by atoms with Gasteiger partial charge >= 0.3 is 5.97 Å². The highest BCUT2D eigenvalue weighted by Gasteiger charge is 2.19. The normalized spacial score (nSPS) is 14.4. The monoisotopic (exact) mass is 394 g/mol. The summed E-state index contributed by atoms with van der Waals surface area (Å²) in [7, 11) is 0. The van der Waals surface area contributed by atoms with Gasteiger partial charge in [-0.25, -0.2) is 4.79 Å². The lowest BCUT2D eigenvalue weighted by Gasteiger charge is -2.24. The van der Waals surface area contributed by atoms with Crippen molar-refractivity contribution in [1.82, 2.24) is 4.90 Å². The van der Waals surface area contributed by atoms with Crippen molar-refractivity contribution in [3.63, 3.8) is 0 Å². The summed E-state index contributed by atoms with van der Waals surface area (Å²) in [5.74, 6) is -1.12. The van der Waals surface area contributed by atoms with E-state index in [1.807, 2.05) is 6.07 Å². The van der Waals surface area contributed by atoms with Gasteiger partial charge in [-0.05, 0) is 37.1 Å². The summed E-state index contributed by atoms with van der Waals surface area (Å²) in [6.45, 7) is 1.13. The maximum atomic E-state index is 12.5. The van der Waals surface area contributed by atoms with Crippen LogP contribution in [0.4, 0.5) is 5.69 Å². The minimum Gasteiger partial charge on any atom is -0.452 e. The number of carbonyl (C=O) groups excluding carboxylic acids is 3. The fraction of sp³-hybridized carbons (Fsp3) is 0.348. The highest BCUT2D eigenvalue weighted by molar-refractivity contribution is 6.08. The molecule has 6 heteroatoms. The van der Waals surface area contributed by atoms with Gasteiger partial charge in [-0.3, -0.25) is 9.59 Å². The molecule has 0 saturated carbocycles. The molecular formula is C23H26N2O4. The average Bonchev–Trinajstić information content (AvgIpc) is 2.72. The summed E-state index contributed by atoms with van der Waals surface area (Å²) in [5, 5.41) is 2.74. The molecule has 0 atom stereocenters. The Hall–Kier alpha value is -3.15. The Morgan fingerprint density at radius 1 is 0.828 bits per heavy atom. The first-order chi connectivity index (χ1) is 14.1. The molecule has 3 rings (SSSR count). The molecule has 2 amide bonds. The van der Waals surface area contributed by atoms with Gasteiger partial charge in [-0.2, -0.15) is 0 Å². The van der Waals surface area contributed by atoms with Gasteiger partial charge in [0.1, 0.15) is 0 Å². The third kappa shape index (κ3) is 5.91. The lowest BCUT2D eigenvalue weighted by atomic mass is 10.1. The molecule has 1 N–H and O–H groups in total. The number of hydrogen-bond acceptors (Lipinski definition) is 4. The first kappa shape index (κ1) is 20.6. The highest BCUT2D eigenvalue weighted by atomic mass is 16.5. The van der Waals surface area contributed by atoms with Crippen molar-refractivity contribution in [3.8, 4) is 0 Å². The van der Waals surface area contributed by atoms with Gasteiger partial charge < -0.3 is 15.0 Å². The van der Waals surface area contributed by atoms with Gasteiger partial charge in [0.15, 0.2) is 6.61 Å². The zero-order chi connectivity index (χ0) is 20.5. The number of amides is 2. The summed E-state index contributed by atoms with van der Waals surface area (Å²) in [4.78, 5) is 39.1. The number of nitrogens with one attached hydrogen (secondary N) is 1. The fourth-order valence-electron chi connectivity index (χ4n) is 3.35. The van der Waals surface area contributed by atoms with Gasteiger partial charge in [-0.1, -0.05) is 49.6 Å². The van der Waals surface area contributed by atoms with E-state index in [0.717, 1.165) is 25.7 Å². The molecule has 1 aliphatic heterocycles. The van der Waals surface area contributed by atoms with E-state index in [4.69, 9.17) is 4.74 Å². The van der Waals surface area contributed by atoms with Crippen LogP contribution in [-0.2, 0) is 9.53 Å². The van der Waals surface area contributed by atoms with E-state index in [2.05, 4.69) is 5.32 Å². The van der Waals surface area contributed by atoms with Crippen LogP contribution < -0.4 is 5.32 Å². The average molecular weight is 394 g/mol. The minimum atomic E-state index is -0.630. The molecular weight excluding hydrogens is 368 g/mol. The van der Waals surface area contributed by atoms with Crippen LogP contribution in [0.25, 0.3) is 0 Å². The van der Waals surface area contributed by atoms with Crippen molar-refractivity contribution in [3.05, 3.63) is 65.7 Å². The van der Waals surface area contributed by atoms with Crippen molar-refractivity contribution < 1.29 is 19.1 Å². The number of benzene rings is 2. The molecule has 0 bridgehead atoms. The van der Waals surface area contributed by atoms with Crippen LogP contribution in [0, 0.1) is 0 Å². The van der Waals surface area contributed by atoms with Gasteiger partial charge in [0.25, 0.3) is 11.8 Å². The van der Waals surface area contributed by atoms with E-state index >= 15 is 0 Å². The number of esters is 1. The number of hydrogen-bond donors (Lipinski definition) is 1. The van der Waals surface area contributed by atoms with Crippen LogP contribution in [0.15, 0.2) is 54.6 Å². The van der Waals surface area contributed by atoms with E-state index in [1.54, 1.807) is 53.4 Å². The minimum absolute atomic E-state index is 0.175. The van der Waals surface area contributed by atoms with Crippen LogP contribution >= 0.6 is 0 Å². The largest absolute Gasteiger partial charge is 0.452 e. The molecule has 29 heavy (non-hydrogen) atoms. The van der Waals surface area contributed by atoms with Crippen molar-refractivity contribution in [2.75, 3.05) is 25.0 Å². The maximum absolute atomic E-state index is 12.5. The molecule has 1 aliphatic rings. The summed E-state index contributed by atoms with van der Waals surface area (Å²) >= 11 is 0. The predicted molar refractivity (Wildman–Crippen MR) is 111 cm³/mol. The quantitative estimate of drug-likeness (QED) is 0.781. The Morgan fingerprint density at radius 3 is 2.17 bits per heavy atom. The summed E-state index contributed by atoms with van der Waals surface area (Å²) in [6.07, 6.45) is 5.42. The maximum Gasteiger partial charge on any atom is 0.340 e. The van der Waals surface area contributed by atoms with Crippen molar-refractivity contribution >= 4 is 23.5 Å². The number of anilines is 1. The van der Waals surface area contributed by atoms with E-state index in [0.29, 0.717) is 24.3 Å². The van der Waals surface area contributed by atoms with Crippen molar-refractivity contribution in [2.45, 2.75) is 32.1 Å². The number of ether oxygens (including phenoxy) is 1. The molecule has 0 unspecified atom stereocenters. The topological polar surface area (TPSA) is 75.7 Å². The SMILES string of the molecule is O=C(Nc1ccccc1C(=O)OCC(=O)N1CCCCCCC1)c1ccccc1. The standard InChI is InChI=1S/C23H26N2O4/c26-21(25-15-9-2-1-3-10-16-25)17-29-23(28)19-13-7-8-14-20(19)24-22(27)18-11-5-4-6-12-18/h4-8,11-14H,1-3,9-10,15-17H2,(H,24,27). The number of nitrogens with zero attached hydrogens (tertiary/aromatic N) is 1. The summed E-state index contributed by atoms with van der Waals surface area (Å²) < 4.78 is 5.26. The molecule has 0 aromatic heterocycles. The second kappa shape index (κ2) is 10.4. The molecule has 2 aromatic carbocycles. The second-order valence-corrected chi connectivity index (χ2v) is 7.09. The van der Waals surface area contributed by atoms with Crippen molar-refractivity contribution in [1.29, 1.82) is 0 Å². The van der Waals surface area contributed by atoms with Crippen LogP contribution in [0.2, 0.25) is 0 Å². The molecule has 0 aliphatic carbocycles. The number of likely N-dealkylation sites (tertiary alicyclic amines) is 1. The second-order valence-electron chi connectivity index (χ2n) is 7.09. The lowest BCUT2D eigenvalue weighted by molar-refractivity contribution is -0.134. The Kier molecular flexibility index (Phi) is 7.39. The van der Waals surface area contributed by atoms with Gasteiger partial charge in [0, 0.05) is 18.7 Å². The Labute approximate surface area is 170 Å². The van der Waals surface area contributed by atoms with Crippen LogP contribution in [-0.4, -0.2) is 42.4 Å². The molecule has 0 radical (unpaired) electrons. The molecule has 1 saturated heterocycles. The fourth-order valence-corrected chi connectivity index (χ4v) is 3.35. The molecule has 1 heterocycles. The Morgan fingerprint density at radius 2 is 1.45 bits per heavy atom. The first-order valence-electron chi connectivity index (χ1n) is 10.1. The van der Waals surface area contributed by atoms with E-state index < -0.39 is 5.97 Å². The predicted octanol–water partition coefficient (Wildman–Crippen LogP) is 3.89. The first-order valence-corrected chi connectivity index (χ1v) is 10.1. The number of para-hydroxylation sites is 1. The zero-order valence-electron chi connectivity index (χ0n) is 16.4. The van der Waals surface area contributed by atoms with E-state index in [1.165, 1.54) is 6.42 Å². The molecule has 6 nitrogen and oxygen atoms in total. The molecule has 2 aromatic rings. The zero-order valence-corrected chi connectivity index (χ0v) is 16.4. The van der Waals surface area contributed by atoms with Crippen molar-refractivity contribution in [2.24, 2.45) is 0 Å². The Bertz CT molecular complexity index is 843. The molecule has 1 fully saturated rings. The van der Waals surface area contributed by atoms with E-state index in [-0.39, 0.29) is 24.0 Å². The summed E-state index contributed by atoms with van der Waals surface area (Å²) in [6, 6.07) is 15.4. The van der Waals surface area contributed by atoms with Crippen LogP contribution in [0.5, 0.6) is 0 Å². The molecule has 0 spiro atoms. The Balaban J connectivity index is 1.60. The lowest BCUT2D eigenvalue weighted by Crippen LogP contribution is -2.37. The van der Waals surface area contributed by atoms with Gasteiger partial charge in [-0.15, -0.1) is 0 Å². The highest BCUT2D eigenvalue weighted by Crippen LogP contribution is 2.18. The van der Waals surface area contributed by atoms with Gasteiger partial charge in [0.05, 0.1) is 11.3 Å². The third-order valence-corrected chi connectivity index (χ3v) is 4.97. The van der Waals surface area contributed by atoms with E-state index in [9.17, 15) is 14.4 Å². The number of carbonyl (C=O) groups is 3. The summed E-state index contributed by atoms with van der Waals surface area (Å²) in [5.41, 5.74) is 1.06. The van der Waals surface area contributed by atoms with Crippen LogP contribution in [0.3, 0.4) is 0 Å². The van der Waals surface area contributed by atoms with Crippen LogP contribution in [0.1, 0.15) is 52.8 Å².